The summed E-state index contributed by atoms with van der Waals surface area (Å²) in [6, 6.07) is 0.114. The second kappa shape index (κ2) is 4.91. The van der Waals surface area contributed by atoms with Gasteiger partial charge in [0.1, 0.15) is 15.5 Å². The van der Waals surface area contributed by atoms with Gasteiger partial charge in [-0.2, -0.15) is 5.10 Å². The van der Waals surface area contributed by atoms with Gasteiger partial charge in [-0.3, -0.25) is 10.00 Å². The minimum Gasteiger partial charge on any atom is -0.462 e. The molecule has 0 aliphatic carbocycles. The standard InChI is InChI=1S/C10H14IN3O3/c1-3-17-10(16)6-7-9(15)12-5(2)4-14(7)13-8(6)11/h5,9,12,15H,3-4H2,1-2H3. The molecule has 2 N–H and O–H groups in total. The van der Waals surface area contributed by atoms with Gasteiger partial charge in [0.15, 0.2) is 0 Å². The maximum atomic E-state index is 11.8. The molecule has 17 heavy (non-hydrogen) atoms. The van der Waals surface area contributed by atoms with Gasteiger partial charge in [-0.1, -0.05) is 0 Å². The molecule has 1 aliphatic rings. The van der Waals surface area contributed by atoms with Gasteiger partial charge in [0.25, 0.3) is 0 Å². The number of hydrogen-bond acceptors (Lipinski definition) is 5. The summed E-state index contributed by atoms with van der Waals surface area (Å²) in [6.07, 6.45) is -0.880. The monoisotopic (exact) mass is 351 g/mol. The molecule has 0 spiro atoms. The van der Waals surface area contributed by atoms with E-state index in [1.165, 1.54) is 0 Å². The maximum absolute atomic E-state index is 11.8. The number of fused-ring (bicyclic) bond motifs is 1. The second-order valence-corrected chi connectivity index (χ2v) is 4.95. The molecule has 1 aromatic heterocycles. The molecular weight excluding hydrogens is 337 g/mol. The van der Waals surface area contributed by atoms with E-state index < -0.39 is 12.2 Å². The van der Waals surface area contributed by atoms with Crippen molar-refractivity contribution < 1.29 is 14.6 Å². The molecule has 0 radical (unpaired) electrons. The topological polar surface area (TPSA) is 76.4 Å². The largest absolute Gasteiger partial charge is 0.462 e. The van der Waals surface area contributed by atoms with Crippen molar-refractivity contribution >= 4 is 28.6 Å². The fraction of sp³-hybridized carbons (Fsp3) is 0.600. The molecule has 0 fully saturated rings. The summed E-state index contributed by atoms with van der Waals surface area (Å²) in [5.74, 6) is -0.437. The number of aromatic nitrogens is 2. The Morgan fingerprint density at radius 1 is 1.76 bits per heavy atom. The Labute approximate surface area is 112 Å². The van der Waals surface area contributed by atoms with E-state index in [2.05, 4.69) is 10.4 Å². The normalized spacial score (nSPS) is 23.3. The SMILES string of the molecule is CCOC(=O)c1c(I)nn2c1C(O)NC(C)C2. The number of aliphatic hydroxyl groups is 1. The predicted octanol–water partition coefficient (Wildman–Crippen LogP) is 0.647. The van der Waals surface area contributed by atoms with Crippen LogP contribution in [0.3, 0.4) is 0 Å². The minimum atomic E-state index is -0.880. The number of carbonyl (C=O) groups excluding carboxylic acids is 1. The summed E-state index contributed by atoms with van der Waals surface area (Å²) in [7, 11) is 0. The molecule has 0 saturated carbocycles. The minimum absolute atomic E-state index is 0.114. The first kappa shape index (κ1) is 12.8. The van der Waals surface area contributed by atoms with Crippen LogP contribution in [-0.2, 0) is 11.3 Å². The molecular formula is C10H14IN3O3. The molecule has 0 saturated heterocycles. The zero-order valence-electron chi connectivity index (χ0n) is 9.61. The fourth-order valence-corrected chi connectivity index (χ4v) is 2.67. The fourth-order valence-electron chi connectivity index (χ4n) is 1.91. The Kier molecular flexibility index (Phi) is 3.69. The van der Waals surface area contributed by atoms with E-state index in [-0.39, 0.29) is 6.04 Å². The summed E-state index contributed by atoms with van der Waals surface area (Å²) in [6.45, 7) is 4.63. The van der Waals surface area contributed by atoms with Crippen LogP contribution in [0.25, 0.3) is 0 Å². The number of carbonyl (C=O) groups is 1. The third kappa shape index (κ3) is 2.31. The number of rotatable bonds is 2. The van der Waals surface area contributed by atoms with Crippen LogP contribution in [0.1, 0.15) is 36.1 Å². The lowest BCUT2D eigenvalue weighted by molar-refractivity contribution is 0.0501. The molecule has 1 aromatic rings. The lowest BCUT2D eigenvalue weighted by Gasteiger charge is -2.26. The van der Waals surface area contributed by atoms with Gasteiger partial charge in [0.05, 0.1) is 18.8 Å². The Morgan fingerprint density at radius 2 is 2.47 bits per heavy atom. The molecule has 1 aliphatic heterocycles. The van der Waals surface area contributed by atoms with Crippen molar-refractivity contribution in [3.05, 3.63) is 15.0 Å². The number of ether oxygens (including phenoxy) is 1. The van der Waals surface area contributed by atoms with Crippen molar-refractivity contribution in [2.24, 2.45) is 0 Å². The van der Waals surface area contributed by atoms with Crippen molar-refractivity contribution in [1.82, 2.24) is 15.1 Å². The average Bonchev–Trinajstić information content (AvgIpc) is 2.54. The summed E-state index contributed by atoms with van der Waals surface area (Å²) in [5, 5.41) is 17.2. The summed E-state index contributed by atoms with van der Waals surface area (Å²) in [5.41, 5.74) is 0.852. The van der Waals surface area contributed by atoms with Gasteiger partial charge in [-0.15, -0.1) is 0 Å². The van der Waals surface area contributed by atoms with Crippen molar-refractivity contribution in [3.8, 4) is 0 Å². The maximum Gasteiger partial charge on any atom is 0.342 e. The van der Waals surface area contributed by atoms with Crippen LogP contribution < -0.4 is 5.32 Å². The van der Waals surface area contributed by atoms with Crippen LogP contribution in [0.4, 0.5) is 0 Å². The van der Waals surface area contributed by atoms with Gasteiger partial charge < -0.3 is 9.84 Å². The van der Waals surface area contributed by atoms with Crippen molar-refractivity contribution in [2.75, 3.05) is 6.61 Å². The summed E-state index contributed by atoms with van der Waals surface area (Å²) >= 11 is 1.98. The van der Waals surface area contributed by atoms with Crippen molar-refractivity contribution in [2.45, 2.75) is 32.7 Å². The number of hydrogen-bond donors (Lipinski definition) is 2. The van der Waals surface area contributed by atoms with E-state index in [0.29, 0.717) is 28.1 Å². The predicted molar refractivity (Wildman–Crippen MR) is 68.5 cm³/mol. The number of halogens is 1. The molecule has 2 rings (SSSR count). The van der Waals surface area contributed by atoms with E-state index in [9.17, 15) is 9.90 Å². The molecule has 2 heterocycles. The molecule has 2 atom stereocenters. The highest BCUT2D eigenvalue weighted by molar-refractivity contribution is 14.1. The highest BCUT2D eigenvalue weighted by Gasteiger charge is 2.32. The van der Waals surface area contributed by atoms with Crippen molar-refractivity contribution in [1.29, 1.82) is 0 Å². The van der Waals surface area contributed by atoms with Gasteiger partial charge in [-0.05, 0) is 36.4 Å². The molecule has 94 valence electrons. The van der Waals surface area contributed by atoms with Crippen LogP contribution in [0, 0.1) is 3.70 Å². The Morgan fingerprint density at radius 3 is 3.12 bits per heavy atom. The van der Waals surface area contributed by atoms with Crippen molar-refractivity contribution in [3.63, 3.8) is 0 Å². The van der Waals surface area contributed by atoms with E-state index in [1.807, 2.05) is 29.5 Å². The van der Waals surface area contributed by atoms with Crippen LogP contribution >= 0.6 is 22.6 Å². The van der Waals surface area contributed by atoms with Crippen LogP contribution in [0.5, 0.6) is 0 Å². The molecule has 0 aromatic carbocycles. The highest BCUT2D eigenvalue weighted by atomic mass is 127. The number of esters is 1. The first-order valence-electron chi connectivity index (χ1n) is 5.42. The molecule has 2 unspecified atom stereocenters. The Hall–Kier alpha value is -0.670. The zero-order valence-corrected chi connectivity index (χ0v) is 11.8. The Balaban J connectivity index is 2.44. The highest BCUT2D eigenvalue weighted by Crippen LogP contribution is 2.26. The lowest BCUT2D eigenvalue weighted by Crippen LogP contribution is -2.41. The molecule has 0 bridgehead atoms. The molecule has 6 nitrogen and oxygen atoms in total. The summed E-state index contributed by atoms with van der Waals surface area (Å²) < 4.78 is 7.20. The Bertz CT molecular complexity index is 446. The third-order valence-corrected chi connectivity index (χ3v) is 3.33. The number of nitrogens with zero attached hydrogens (tertiary/aromatic N) is 2. The van der Waals surface area contributed by atoms with Gasteiger partial charge >= 0.3 is 5.97 Å². The van der Waals surface area contributed by atoms with Gasteiger partial charge in [-0.25, -0.2) is 4.79 Å². The van der Waals surface area contributed by atoms with E-state index >= 15 is 0 Å². The first-order chi connectivity index (χ1) is 8.04. The van der Waals surface area contributed by atoms with Crippen LogP contribution in [-0.4, -0.2) is 33.5 Å². The van der Waals surface area contributed by atoms with Gasteiger partial charge in [0.2, 0.25) is 0 Å². The second-order valence-electron chi connectivity index (χ2n) is 3.92. The first-order valence-corrected chi connectivity index (χ1v) is 6.50. The van der Waals surface area contributed by atoms with Gasteiger partial charge in [0, 0.05) is 6.04 Å². The third-order valence-electron chi connectivity index (χ3n) is 2.58. The average molecular weight is 351 g/mol. The summed E-state index contributed by atoms with van der Waals surface area (Å²) in [4.78, 5) is 11.8. The number of aliphatic hydroxyl groups excluding tert-OH is 1. The van der Waals surface area contributed by atoms with E-state index in [0.717, 1.165) is 0 Å². The van der Waals surface area contributed by atoms with E-state index in [1.54, 1.807) is 11.6 Å². The quantitative estimate of drug-likeness (QED) is 0.604. The molecule has 7 heteroatoms. The smallest absolute Gasteiger partial charge is 0.342 e. The molecule has 0 amide bonds. The van der Waals surface area contributed by atoms with Crippen LogP contribution in [0.15, 0.2) is 0 Å². The van der Waals surface area contributed by atoms with Crippen LogP contribution in [0.2, 0.25) is 0 Å². The number of nitrogens with one attached hydrogen (secondary N) is 1. The lowest BCUT2D eigenvalue weighted by atomic mass is 10.1. The zero-order chi connectivity index (χ0) is 12.6. The van der Waals surface area contributed by atoms with E-state index in [4.69, 9.17) is 4.74 Å².